The Morgan fingerprint density at radius 3 is 2.18 bits per heavy atom. The number of carbonyl (C=O) groups is 2. The third-order valence-corrected chi connectivity index (χ3v) is 3.52. The maximum Gasteiger partial charge on any atom is 1.00 e. The maximum atomic E-state index is 10.7. The number of aliphatic hydroxyl groups is 1. The second-order valence-electron chi connectivity index (χ2n) is 5.32. The minimum absolute atomic E-state index is 0. The second-order valence-corrected chi connectivity index (χ2v) is 5.32. The van der Waals surface area contributed by atoms with Gasteiger partial charge in [-0.3, -0.25) is 4.79 Å². The van der Waals surface area contributed by atoms with Gasteiger partial charge in [-0.1, -0.05) is 25.5 Å². The normalized spacial score (nSPS) is 13.5. The Morgan fingerprint density at radius 2 is 1.68 bits per heavy atom. The number of aliphatic hydroxyl groups excluding tert-OH is 1. The zero-order valence-corrected chi connectivity index (χ0v) is 16.9. The Morgan fingerprint density at radius 1 is 1.09 bits per heavy atom. The molecule has 0 aromatic heterocycles. The largest absolute Gasteiger partial charge is 1.00 e. The molecule has 0 rings (SSSR count). The van der Waals surface area contributed by atoms with E-state index < -0.39 is 11.9 Å². The number of allylic oxidation sites excluding steroid dienone is 2. The number of rotatable bonds is 13. The van der Waals surface area contributed by atoms with Gasteiger partial charge in [0.1, 0.15) is 0 Å². The van der Waals surface area contributed by atoms with Gasteiger partial charge in [0.25, 0.3) is 0 Å². The second kappa shape index (κ2) is 14.8. The van der Waals surface area contributed by atoms with E-state index in [9.17, 15) is 19.8 Å². The van der Waals surface area contributed by atoms with E-state index in [1.807, 2.05) is 0 Å². The minimum atomic E-state index is -1.18. The predicted molar refractivity (Wildman–Crippen MR) is 77.1 cm³/mol. The van der Waals surface area contributed by atoms with Crippen LogP contribution in [-0.2, 0) is 9.59 Å². The third-order valence-electron chi connectivity index (χ3n) is 3.52. The van der Waals surface area contributed by atoms with Crippen molar-refractivity contribution in [1.29, 1.82) is 0 Å². The Kier molecular flexibility index (Phi) is 16.5. The van der Waals surface area contributed by atoms with Crippen LogP contribution in [-0.4, -0.2) is 53.0 Å². The van der Waals surface area contributed by atoms with Gasteiger partial charge < -0.3 is 24.6 Å². The van der Waals surface area contributed by atoms with E-state index in [-0.39, 0.29) is 88.5 Å². The van der Waals surface area contributed by atoms with Gasteiger partial charge in [0, 0.05) is 18.8 Å². The minimum Gasteiger partial charge on any atom is -0.550 e. The van der Waals surface area contributed by atoms with E-state index in [0.29, 0.717) is 6.54 Å². The molecule has 0 aliphatic heterocycles. The van der Waals surface area contributed by atoms with Gasteiger partial charge in [-0.2, -0.15) is 0 Å². The first-order valence-corrected chi connectivity index (χ1v) is 7.48. The fourth-order valence-corrected chi connectivity index (χ4v) is 2.16. The molecule has 7 heteroatoms. The molecule has 0 aliphatic carbocycles. The van der Waals surface area contributed by atoms with Crippen molar-refractivity contribution in [3.8, 4) is 0 Å². The van der Waals surface area contributed by atoms with Crippen LogP contribution in [0.25, 0.3) is 0 Å². The molecule has 1 unspecified atom stereocenters. The third kappa shape index (κ3) is 12.7. The summed E-state index contributed by atoms with van der Waals surface area (Å²) in [7, 11) is 0. The number of quaternary nitrogens is 1. The predicted octanol–water partition coefficient (Wildman–Crippen LogP) is -2.49. The van der Waals surface area contributed by atoms with Gasteiger partial charge in [0.2, 0.25) is 0 Å². The zero-order chi connectivity index (χ0) is 16.1. The Labute approximate surface area is 175 Å². The Balaban J connectivity index is 0. The van der Waals surface area contributed by atoms with E-state index in [0.717, 1.165) is 25.7 Å². The smallest absolute Gasteiger partial charge is 0.550 e. The van der Waals surface area contributed by atoms with Crippen molar-refractivity contribution < 1.29 is 80.8 Å². The van der Waals surface area contributed by atoms with Gasteiger partial charge >= 0.3 is 57.4 Å². The zero-order valence-electron chi connectivity index (χ0n) is 13.8. The summed E-state index contributed by atoms with van der Waals surface area (Å²) in [6.07, 6.45) is 7.68. The van der Waals surface area contributed by atoms with Crippen LogP contribution < -0.4 is 56.5 Å². The van der Waals surface area contributed by atoms with Crippen molar-refractivity contribution in [2.45, 2.75) is 45.4 Å². The number of carbonyl (C=O) groups excluding carboxylic acids is 1. The summed E-state index contributed by atoms with van der Waals surface area (Å²) in [5, 5.41) is 29.0. The molecule has 0 spiro atoms. The molecule has 0 saturated heterocycles. The molecule has 0 amide bonds. The van der Waals surface area contributed by atoms with Gasteiger partial charge in [-0.05, 0) is 12.8 Å². The number of hydrogen-bond donors (Lipinski definition) is 2. The van der Waals surface area contributed by atoms with Crippen LogP contribution in [0.2, 0.25) is 0 Å². The number of carboxylic acids is 2. The van der Waals surface area contributed by atoms with Crippen LogP contribution in [0.3, 0.4) is 0 Å². The number of hydrogen-bond acceptors (Lipinski definition) is 4. The molecule has 2 N–H and O–H groups in total. The Bertz CT molecular complexity index is 329. The fourth-order valence-electron chi connectivity index (χ4n) is 2.16. The van der Waals surface area contributed by atoms with E-state index in [1.54, 1.807) is 0 Å². The summed E-state index contributed by atoms with van der Waals surface area (Å²) in [6, 6.07) is 0. The summed E-state index contributed by atoms with van der Waals surface area (Å²) in [5.74, 6) is -2.12. The van der Waals surface area contributed by atoms with Gasteiger partial charge in [0.15, 0.2) is 6.73 Å². The molecule has 0 aromatic rings. The quantitative estimate of drug-likeness (QED) is 0.127. The molecule has 22 heavy (non-hydrogen) atoms. The van der Waals surface area contributed by atoms with Crippen molar-refractivity contribution >= 4 is 11.9 Å². The van der Waals surface area contributed by atoms with Gasteiger partial charge in [-0.25, -0.2) is 0 Å². The monoisotopic (exact) mass is 340 g/mol. The molecular weight excluding hydrogens is 313 g/mol. The molecule has 1 atom stereocenters. The molecule has 0 aromatic carbocycles. The summed E-state index contributed by atoms with van der Waals surface area (Å²) < 4.78 is 0.0991. The first kappa shape index (κ1) is 24.5. The summed E-state index contributed by atoms with van der Waals surface area (Å²) in [6.45, 7) is 2.85. The van der Waals surface area contributed by atoms with Crippen LogP contribution in [0, 0.1) is 0 Å². The maximum absolute atomic E-state index is 10.7. The van der Waals surface area contributed by atoms with Crippen LogP contribution in [0.4, 0.5) is 0 Å². The molecular formula is C15H27KNO5+. The number of aliphatic carboxylic acids is 2. The molecule has 0 saturated carbocycles. The number of nitrogens with zero attached hydrogens (tertiary/aromatic N) is 1. The number of carboxylic acid groups (broad SMARTS) is 2. The van der Waals surface area contributed by atoms with Crippen molar-refractivity contribution in [2.24, 2.45) is 0 Å². The molecule has 0 bridgehead atoms. The average molecular weight is 340 g/mol. The van der Waals surface area contributed by atoms with Gasteiger partial charge in [0.05, 0.1) is 26.1 Å². The summed E-state index contributed by atoms with van der Waals surface area (Å²) >= 11 is 0. The van der Waals surface area contributed by atoms with Crippen LogP contribution in [0.1, 0.15) is 45.4 Å². The van der Waals surface area contributed by atoms with Crippen molar-refractivity contribution in [3.05, 3.63) is 12.2 Å². The summed E-state index contributed by atoms with van der Waals surface area (Å²) in [4.78, 5) is 21.3. The molecule has 0 aliphatic rings. The van der Waals surface area contributed by atoms with Crippen molar-refractivity contribution in [3.63, 3.8) is 0 Å². The number of unbranched alkanes of at least 4 members (excludes halogenated alkanes) is 2. The van der Waals surface area contributed by atoms with Crippen LogP contribution in [0.15, 0.2) is 12.2 Å². The van der Waals surface area contributed by atoms with Crippen molar-refractivity contribution in [1.82, 2.24) is 0 Å². The van der Waals surface area contributed by atoms with Crippen LogP contribution >= 0.6 is 0 Å². The SMILES string of the molecule is CCC/C=C/CCC[N+](CO)(CCC(=O)[O-])CCC(=O)O.[K+]. The molecule has 0 radical (unpaired) electrons. The topological polar surface area (TPSA) is 97.7 Å². The van der Waals surface area contributed by atoms with Crippen LogP contribution in [0.5, 0.6) is 0 Å². The molecule has 0 fully saturated rings. The fraction of sp³-hybridized carbons (Fsp3) is 0.733. The summed E-state index contributed by atoms with van der Waals surface area (Å²) in [5.41, 5.74) is 0. The molecule has 122 valence electrons. The van der Waals surface area contributed by atoms with E-state index in [2.05, 4.69) is 19.1 Å². The Hall–Kier alpha value is 0.236. The van der Waals surface area contributed by atoms with E-state index >= 15 is 0 Å². The van der Waals surface area contributed by atoms with Crippen molar-refractivity contribution in [2.75, 3.05) is 26.4 Å². The standard InChI is InChI=1S/C15H27NO5.K/c1-2-3-4-5-6-7-10-16(13-17,11-8-14(18)19)12-9-15(20)21;/h4-5,17H,2-3,6-13H2,1H3,(H-,18,19,20,21);/q;+1/b5-4+;. The first-order valence-electron chi connectivity index (χ1n) is 7.48. The first-order chi connectivity index (χ1) is 9.95. The average Bonchev–Trinajstić information content (AvgIpc) is 2.45. The molecule has 0 heterocycles. The van der Waals surface area contributed by atoms with Gasteiger partial charge in [-0.15, -0.1) is 0 Å². The molecule has 6 nitrogen and oxygen atoms in total. The van der Waals surface area contributed by atoms with E-state index in [4.69, 9.17) is 5.11 Å². The van der Waals surface area contributed by atoms with E-state index in [1.165, 1.54) is 0 Å².